The molecule has 2 heterocycles. The number of nitrogens with one attached hydrogen (secondary N) is 1. The maximum Gasteiger partial charge on any atom is 0.285 e. The Balaban J connectivity index is 1.24. The van der Waals surface area contributed by atoms with Crippen LogP contribution in [0.5, 0.6) is 5.75 Å². The molecule has 11 heteroatoms. The van der Waals surface area contributed by atoms with Gasteiger partial charge in [-0.25, -0.2) is 5.48 Å². The zero-order valence-electron chi connectivity index (χ0n) is 25.1. The van der Waals surface area contributed by atoms with Crippen molar-refractivity contribution in [3.8, 4) is 16.9 Å². The van der Waals surface area contributed by atoms with Crippen LogP contribution < -0.4 is 15.1 Å². The summed E-state index contributed by atoms with van der Waals surface area (Å²) in [6.07, 6.45) is 7.38. The minimum Gasteiger partial charge on any atom is -0.493 e. The maximum absolute atomic E-state index is 13.3. The second-order valence-corrected chi connectivity index (χ2v) is 12.5. The van der Waals surface area contributed by atoms with Crippen LogP contribution in [0.15, 0.2) is 73.1 Å². The molecule has 1 aliphatic rings. The zero-order chi connectivity index (χ0) is 31.3. The SMILES string of the molecule is Cc1cccc(OCCCC(=O)N2CCCc3c(-c4cnn(Cc5cccc(C(=O)NOS(C)(=O)=O)c5)c4)cccc32)c1C. The highest BCUT2D eigenvalue weighted by Gasteiger charge is 2.25. The number of benzene rings is 3. The van der Waals surface area contributed by atoms with Gasteiger partial charge in [0.2, 0.25) is 5.91 Å². The first-order valence-electron chi connectivity index (χ1n) is 14.5. The number of hydrogen-bond donors (Lipinski definition) is 1. The predicted molar refractivity (Wildman–Crippen MR) is 168 cm³/mol. The van der Waals surface area contributed by atoms with Crippen molar-refractivity contribution in [3.63, 3.8) is 0 Å². The van der Waals surface area contributed by atoms with Gasteiger partial charge in [-0.2, -0.15) is 13.5 Å². The van der Waals surface area contributed by atoms with Crippen LogP contribution in [0.3, 0.4) is 0 Å². The van der Waals surface area contributed by atoms with Gasteiger partial charge in [-0.05, 0) is 85.2 Å². The first-order valence-corrected chi connectivity index (χ1v) is 16.3. The lowest BCUT2D eigenvalue weighted by Crippen LogP contribution is -2.35. The summed E-state index contributed by atoms with van der Waals surface area (Å²) < 4.78 is 34.5. The molecule has 1 N–H and O–H groups in total. The van der Waals surface area contributed by atoms with E-state index in [0.29, 0.717) is 32.5 Å². The highest BCUT2D eigenvalue weighted by Crippen LogP contribution is 2.36. The van der Waals surface area contributed by atoms with E-state index in [2.05, 4.69) is 28.4 Å². The minimum absolute atomic E-state index is 0.0919. The Bertz CT molecular complexity index is 1780. The second kappa shape index (κ2) is 13.4. The van der Waals surface area contributed by atoms with Crippen molar-refractivity contribution in [3.05, 3.63) is 101 Å². The number of carbonyl (C=O) groups is 2. The molecule has 0 atom stereocenters. The lowest BCUT2D eigenvalue weighted by molar-refractivity contribution is -0.118. The molecule has 0 spiro atoms. The molecule has 230 valence electrons. The lowest BCUT2D eigenvalue weighted by Gasteiger charge is -2.31. The van der Waals surface area contributed by atoms with Gasteiger partial charge in [0.1, 0.15) is 5.75 Å². The largest absolute Gasteiger partial charge is 0.493 e. The Hall–Kier alpha value is -4.48. The van der Waals surface area contributed by atoms with Gasteiger partial charge in [-0.1, -0.05) is 36.4 Å². The normalized spacial score (nSPS) is 12.9. The van der Waals surface area contributed by atoms with Gasteiger partial charge >= 0.3 is 0 Å². The Morgan fingerprint density at radius 1 is 1.05 bits per heavy atom. The second-order valence-electron chi connectivity index (χ2n) is 10.9. The molecule has 0 aliphatic carbocycles. The molecule has 1 aliphatic heterocycles. The van der Waals surface area contributed by atoms with Gasteiger partial charge in [-0.3, -0.25) is 14.3 Å². The van der Waals surface area contributed by atoms with Crippen molar-refractivity contribution >= 4 is 27.6 Å². The van der Waals surface area contributed by atoms with E-state index in [4.69, 9.17) is 4.74 Å². The van der Waals surface area contributed by atoms with Crippen LogP contribution in [0.2, 0.25) is 0 Å². The number of aryl methyl sites for hydroxylation is 1. The number of nitrogens with zero attached hydrogens (tertiary/aromatic N) is 3. The molecular formula is C33H36N4O6S. The Morgan fingerprint density at radius 2 is 1.84 bits per heavy atom. The number of ether oxygens (including phenoxy) is 1. The van der Waals surface area contributed by atoms with Crippen LogP contribution >= 0.6 is 0 Å². The minimum atomic E-state index is -3.82. The highest BCUT2D eigenvalue weighted by atomic mass is 32.2. The zero-order valence-corrected chi connectivity index (χ0v) is 25.9. The van der Waals surface area contributed by atoms with E-state index in [0.717, 1.165) is 58.4 Å². The summed E-state index contributed by atoms with van der Waals surface area (Å²) >= 11 is 0. The van der Waals surface area contributed by atoms with Gasteiger partial charge in [0, 0.05) is 36.0 Å². The predicted octanol–water partition coefficient (Wildman–Crippen LogP) is 4.97. The summed E-state index contributed by atoms with van der Waals surface area (Å²) in [5.74, 6) is 0.292. The van der Waals surface area contributed by atoms with Crippen LogP contribution in [0.1, 0.15) is 51.9 Å². The highest BCUT2D eigenvalue weighted by molar-refractivity contribution is 7.85. The molecule has 0 bridgehead atoms. The molecule has 4 aromatic rings. The molecule has 0 saturated carbocycles. The number of amides is 2. The molecule has 0 unspecified atom stereocenters. The van der Waals surface area contributed by atoms with Gasteiger partial charge in [-0.15, -0.1) is 4.28 Å². The molecule has 10 nitrogen and oxygen atoms in total. The van der Waals surface area contributed by atoms with E-state index in [1.165, 1.54) is 5.56 Å². The summed E-state index contributed by atoms with van der Waals surface area (Å²) in [5, 5.41) is 4.54. The van der Waals surface area contributed by atoms with Gasteiger partial charge < -0.3 is 9.64 Å². The number of rotatable bonds is 11. The van der Waals surface area contributed by atoms with Crippen molar-refractivity contribution in [2.24, 2.45) is 0 Å². The number of hydrogen-bond acceptors (Lipinski definition) is 7. The Morgan fingerprint density at radius 3 is 2.66 bits per heavy atom. The van der Waals surface area contributed by atoms with Gasteiger partial charge in [0.15, 0.2) is 0 Å². The number of carbonyl (C=O) groups excluding carboxylic acids is 2. The van der Waals surface area contributed by atoms with Crippen LogP contribution in [0, 0.1) is 13.8 Å². The molecule has 1 aromatic heterocycles. The van der Waals surface area contributed by atoms with Gasteiger partial charge in [0.05, 0.1) is 25.6 Å². The summed E-state index contributed by atoms with van der Waals surface area (Å²) in [4.78, 5) is 27.5. The summed E-state index contributed by atoms with van der Waals surface area (Å²) in [7, 11) is -3.82. The van der Waals surface area contributed by atoms with Crippen molar-refractivity contribution in [2.45, 2.75) is 46.1 Å². The number of hydroxylamine groups is 1. The topological polar surface area (TPSA) is 120 Å². The average molecular weight is 617 g/mol. The van der Waals surface area contributed by atoms with Crippen molar-refractivity contribution < 1.29 is 27.0 Å². The lowest BCUT2D eigenvalue weighted by atomic mass is 9.93. The van der Waals surface area contributed by atoms with Crippen molar-refractivity contribution in [2.75, 3.05) is 24.3 Å². The Labute approximate surface area is 257 Å². The molecular weight excluding hydrogens is 580 g/mol. The maximum atomic E-state index is 13.3. The summed E-state index contributed by atoms with van der Waals surface area (Å²) in [6.45, 7) is 5.67. The summed E-state index contributed by atoms with van der Waals surface area (Å²) in [5.41, 5.74) is 9.36. The molecule has 3 aromatic carbocycles. The van der Waals surface area contributed by atoms with Crippen LogP contribution in [-0.2, 0) is 32.2 Å². The fourth-order valence-electron chi connectivity index (χ4n) is 5.33. The van der Waals surface area contributed by atoms with E-state index in [1.807, 2.05) is 53.8 Å². The van der Waals surface area contributed by atoms with E-state index in [9.17, 15) is 18.0 Å². The molecule has 0 radical (unpaired) electrons. The van der Waals surface area contributed by atoms with Crippen molar-refractivity contribution in [1.82, 2.24) is 15.3 Å². The number of aromatic nitrogens is 2. The van der Waals surface area contributed by atoms with Crippen LogP contribution in [0.4, 0.5) is 5.69 Å². The van der Waals surface area contributed by atoms with Crippen LogP contribution in [-0.4, -0.2) is 49.4 Å². The third-order valence-electron chi connectivity index (χ3n) is 7.66. The first kappa shape index (κ1) is 31.0. The fourth-order valence-corrected chi connectivity index (χ4v) is 5.56. The Kier molecular flexibility index (Phi) is 9.46. The molecule has 5 rings (SSSR count). The van der Waals surface area contributed by atoms with E-state index in [-0.39, 0.29) is 11.5 Å². The molecule has 2 amide bonds. The van der Waals surface area contributed by atoms with E-state index < -0.39 is 16.0 Å². The standard InChI is InChI=1S/C33H36N4O6S/c1-23-9-4-15-31(24(23)2)42-18-8-16-32(38)37-17-7-13-29-28(12-6-14-30(29)37)27-20-34-36(22-27)21-25-10-5-11-26(19-25)33(39)35-43-44(3,40)41/h4-6,9-12,14-15,19-20,22H,7-8,13,16-18,21H2,1-3H3,(H,35,39). The number of fused-ring (bicyclic) bond motifs is 1. The monoisotopic (exact) mass is 616 g/mol. The fraction of sp³-hybridized carbons (Fsp3) is 0.303. The smallest absolute Gasteiger partial charge is 0.285 e. The van der Waals surface area contributed by atoms with E-state index >= 15 is 0 Å². The molecule has 44 heavy (non-hydrogen) atoms. The third kappa shape index (κ3) is 7.53. The number of anilines is 1. The average Bonchev–Trinajstić information content (AvgIpc) is 3.47. The third-order valence-corrected chi connectivity index (χ3v) is 8.05. The molecule has 0 saturated heterocycles. The first-order chi connectivity index (χ1) is 21.1. The van der Waals surface area contributed by atoms with Crippen molar-refractivity contribution in [1.29, 1.82) is 0 Å². The van der Waals surface area contributed by atoms with Gasteiger partial charge in [0.25, 0.3) is 16.0 Å². The molecule has 0 fully saturated rings. The van der Waals surface area contributed by atoms with E-state index in [1.54, 1.807) is 29.1 Å². The quantitative estimate of drug-likeness (QED) is 0.187. The summed E-state index contributed by atoms with van der Waals surface area (Å²) in [6, 6.07) is 18.8. The van der Waals surface area contributed by atoms with Crippen LogP contribution in [0.25, 0.3) is 11.1 Å².